The van der Waals surface area contributed by atoms with Crippen molar-refractivity contribution in [3.8, 4) is 0 Å². The molecule has 8 amide bonds. The lowest BCUT2D eigenvalue weighted by Gasteiger charge is -2.20. The molecule has 32 heteroatoms. The number of unbranched alkanes of at least 4 members (excludes halogenated alkanes) is 6. The van der Waals surface area contributed by atoms with Crippen molar-refractivity contribution in [2.45, 2.75) is 311 Å². The molecular formula is C105H186N8O24. The molecule has 0 saturated heterocycles. The van der Waals surface area contributed by atoms with E-state index in [2.05, 4.69) is 78.1 Å². The Morgan fingerprint density at radius 1 is 0.263 bits per heavy atom. The zero-order valence-electron chi connectivity index (χ0n) is 88.4. The number of methoxy groups -OCH3 is 1. The van der Waals surface area contributed by atoms with Gasteiger partial charge in [0, 0.05) is 118 Å². The summed E-state index contributed by atoms with van der Waals surface area (Å²) in [4.78, 5) is 195. The highest BCUT2D eigenvalue weighted by molar-refractivity contribution is 5.91. The van der Waals surface area contributed by atoms with Crippen LogP contribution in [-0.4, -0.2) is 298 Å². The average molecular weight is 1940 g/mol. The zero-order chi connectivity index (χ0) is 106. The predicted octanol–water partition coefficient (Wildman–Crippen LogP) is 16.9. The predicted molar refractivity (Wildman–Crippen MR) is 545 cm³/mol. The first-order valence-electron chi connectivity index (χ1n) is 49.8. The fourth-order valence-electron chi connectivity index (χ4n) is 11.6. The number of ketones is 1. The largest absolute Gasteiger partial charge is 0.469 e. The van der Waals surface area contributed by atoms with E-state index < -0.39 is 0 Å². The van der Waals surface area contributed by atoms with Gasteiger partial charge in [-0.1, -0.05) is 208 Å². The van der Waals surface area contributed by atoms with E-state index in [1.54, 1.807) is 60.0 Å². The van der Waals surface area contributed by atoms with E-state index in [9.17, 15) is 76.7 Å². The zero-order valence-corrected chi connectivity index (χ0v) is 88.4. The van der Waals surface area contributed by atoms with E-state index in [1.165, 1.54) is 94.2 Å². The van der Waals surface area contributed by atoms with Crippen molar-refractivity contribution in [2.75, 3.05) is 158 Å². The molecule has 0 aliphatic carbocycles. The van der Waals surface area contributed by atoms with Gasteiger partial charge in [0.15, 0.2) is 5.78 Å². The fraction of sp³-hybridized carbons (Fsp3) is 0.695. The molecule has 1 unspecified atom stereocenters. The van der Waals surface area contributed by atoms with Gasteiger partial charge in [-0.15, -0.1) is 0 Å². The number of hydrogen-bond acceptors (Lipinski definition) is 24. The van der Waals surface area contributed by atoms with E-state index in [-0.39, 0.29) is 152 Å². The highest BCUT2D eigenvalue weighted by atomic mass is 16.6. The third-order valence-corrected chi connectivity index (χ3v) is 19.0. The molecule has 0 bridgehead atoms. The topological polar surface area (TPSA) is 373 Å². The van der Waals surface area contributed by atoms with Crippen molar-refractivity contribution in [2.24, 2.45) is 11.8 Å². The third-order valence-electron chi connectivity index (χ3n) is 19.0. The number of carbonyl (C=O) groups is 16. The molecule has 0 aromatic carbocycles. The maximum atomic E-state index is 11.8. The van der Waals surface area contributed by atoms with Crippen LogP contribution in [0.25, 0.3) is 0 Å². The minimum atomic E-state index is -0.303. The monoisotopic (exact) mass is 1940 g/mol. The van der Waals surface area contributed by atoms with Crippen LogP contribution in [0.15, 0.2) is 101 Å². The summed E-state index contributed by atoms with van der Waals surface area (Å²) in [6.07, 6.45) is 32.2. The molecule has 0 aromatic heterocycles. The Morgan fingerprint density at radius 2 is 0.533 bits per heavy atom. The van der Waals surface area contributed by atoms with Crippen molar-refractivity contribution in [1.82, 2.24) is 39.2 Å². The lowest BCUT2D eigenvalue weighted by Crippen LogP contribution is -2.32. The molecule has 137 heavy (non-hydrogen) atoms. The summed E-state index contributed by atoms with van der Waals surface area (Å²) < 4.78 is 40.0. The van der Waals surface area contributed by atoms with Crippen molar-refractivity contribution >= 4 is 94.8 Å². The minimum absolute atomic E-state index is 0.0570. The molecule has 1 atom stereocenters. The number of Topliss-reactive ketones (excluding diaryl/α,β-unsaturated/α-hetero) is 1. The Labute approximate surface area is 826 Å². The second kappa shape index (κ2) is 103. The first-order valence-corrected chi connectivity index (χ1v) is 49.8. The number of amides is 8. The molecule has 790 valence electrons. The third kappa shape index (κ3) is 91.8. The minimum Gasteiger partial charge on any atom is -0.469 e. The number of carbonyl (C=O) groups excluding carboxylic acids is 16. The Kier molecular flexibility index (Phi) is 107. The van der Waals surface area contributed by atoms with Gasteiger partial charge in [-0.25, -0.2) is 0 Å². The summed E-state index contributed by atoms with van der Waals surface area (Å²) in [5.74, 6) is -2.02. The van der Waals surface area contributed by atoms with Gasteiger partial charge in [-0.05, 0) is 158 Å². The van der Waals surface area contributed by atoms with E-state index >= 15 is 0 Å². The average Bonchev–Trinajstić information content (AvgIpc) is 0.961. The first kappa shape index (κ1) is 142. The summed E-state index contributed by atoms with van der Waals surface area (Å²) in [6.45, 7) is 74.7. The van der Waals surface area contributed by atoms with Gasteiger partial charge in [0.2, 0.25) is 47.3 Å². The van der Waals surface area contributed by atoms with E-state index in [0.717, 1.165) is 89.9 Å². The second-order valence-corrected chi connectivity index (χ2v) is 32.1. The van der Waals surface area contributed by atoms with Gasteiger partial charge in [0.1, 0.15) is 6.61 Å². The highest BCUT2D eigenvalue weighted by Crippen LogP contribution is 2.15. The highest BCUT2D eigenvalue weighted by Gasteiger charge is 2.21. The fourth-order valence-corrected chi connectivity index (χ4v) is 11.6. The molecule has 0 heterocycles. The molecule has 0 N–H and O–H groups in total. The summed E-state index contributed by atoms with van der Waals surface area (Å²) in [5, 5.41) is 0. The lowest BCUT2D eigenvalue weighted by atomic mass is 10.0. The molecule has 0 rings (SSSR count). The Bertz CT molecular complexity index is 3330. The quantitative estimate of drug-likeness (QED) is 0.0236. The Balaban J connectivity index is -0.000000232. The van der Waals surface area contributed by atoms with Crippen LogP contribution in [0.2, 0.25) is 0 Å². The van der Waals surface area contributed by atoms with Gasteiger partial charge in [0.05, 0.1) is 91.2 Å². The van der Waals surface area contributed by atoms with Crippen molar-refractivity contribution < 1.29 is 115 Å². The molecular weight excluding hydrogens is 1760 g/mol. The van der Waals surface area contributed by atoms with Gasteiger partial charge < -0.3 is 77.1 Å². The van der Waals surface area contributed by atoms with E-state index in [4.69, 9.17) is 33.2 Å². The van der Waals surface area contributed by atoms with Gasteiger partial charge in [-0.2, -0.15) is 0 Å². The standard InChI is InChI=1S/2C17H31NO3.2C13H23NO3.2C12H21NO3.C11H19NO3.C10H17NO3/c1-5-9-10-15(7-3)14-21-17(20)11-13-18(12-6-2)16(19)8-4;1-4-7-8-9-10-14-21-15-16(19)11-13-18(12-5-2)17(20)6-3;1-5-8-14(12(15)6-2)9-7-13(16)17-10-11(3)4;1-4-7-11-17-13(16)8-10-14(9-5-2)12(15)6-3;1-5-8-13(11(14)6-2)9-7-12(15)16-10(3)4;1-4-8-13(11(14)6-3)9-7-12(15)16-10-5-2;1-4-8-12(10(13)5-2)9-7-11(14)15-6-3;1-4-7-11(9(12)5-2)8-6-10(13)14-3/h8,15H,4-7,9-14H2,1-3H3;6H,3-5,7-15H2,1-2H3;6,11H,2,5,7-10H2,1,3-4H3;6H,3-5,7-11H2,1-2H3;6,10H,2,5,7-9H2,1,3-4H3;6H,3-5,7-10H2,1-2H3;5H,2,4,6-9H2,1,3H3;5H,2,4,6-8H2,1,3H3. The molecule has 0 aliphatic rings. The summed E-state index contributed by atoms with van der Waals surface area (Å²) in [5.41, 5.74) is 0. The number of ether oxygens (including phenoxy) is 8. The molecule has 0 spiro atoms. The lowest BCUT2D eigenvalue weighted by molar-refractivity contribution is -0.148. The van der Waals surface area contributed by atoms with Gasteiger partial charge in [-0.3, -0.25) is 76.7 Å². The van der Waals surface area contributed by atoms with E-state index in [0.29, 0.717) is 163 Å². The Morgan fingerprint density at radius 3 is 0.796 bits per heavy atom. The summed E-state index contributed by atoms with van der Waals surface area (Å²) in [6, 6.07) is 0. The molecule has 0 aromatic rings. The summed E-state index contributed by atoms with van der Waals surface area (Å²) in [7, 11) is 1.34. The van der Waals surface area contributed by atoms with Crippen molar-refractivity contribution in [3.05, 3.63) is 101 Å². The van der Waals surface area contributed by atoms with Crippen LogP contribution >= 0.6 is 0 Å². The second-order valence-electron chi connectivity index (χ2n) is 32.1. The number of hydrogen-bond donors (Lipinski definition) is 0. The smallest absolute Gasteiger partial charge is 0.307 e. The number of rotatable bonds is 71. The first-order chi connectivity index (χ1) is 65.3. The maximum absolute atomic E-state index is 11.8. The normalized spacial score (nSPS) is 10.1. The van der Waals surface area contributed by atoms with Crippen molar-refractivity contribution in [3.63, 3.8) is 0 Å². The Hall–Kier alpha value is -10.4. The van der Waals surface area contributed by atoms with Crippen LogP contribution < -0.4 is 0 Å². The SMILES string of the molecule is C=CC(=O)N(CCC)CCC(=O)COCCCCCCC.C=CC(=O)N(CCC)CCC(=O)OC.C=CC(=O)N(CCC)CCC(=O)OC(C)C.C=CC(=O)N(CCC)CCC(=O)OCC.C=CC(=O)N(CCC)CCC(=O)OCC(C)C.C=CC(=O)N(CCC)CCC(=O)OCC(CC)CCCC.C=CC(=O)N(CCC)CCC(=O)OCCC.C=CC(=O)N(CCC)CCC(=O)OCCCC. The van der Waals surface area contributed by atoms with Gasteiger partial charge >= 0.3 is 41.8 Å². The van der Waals surface area contributed by atoms with Crippen LogP contribution in [0.4, 0.5) is 0 Å². The van der Waals surface area contributed by atoms with Crippen LogP contribution in [0.3, 0.4) is 0 Å². The number of esters is 7. The molecule has 0 radical (unpaired) electrons. The molecule has 32 nitrogen and oxygen atoms in total. The number of nitrogens with zero attached hydrogens (tertiary/aromatic N) is 8. The molecule has 0 fully saturated rings. The maximum Gasteiger partial charge on any atom is 0.307 e. The van der Waals surface area contributed by atoms with Crippen molar-refractivity contribution in [1.29, 1.82) is 0 Å². The van der Waals surface area contributed by atoms with E-state index in [1.807, 2.05) is 83.1 Å². The van der Waals surface area contributed by atoms with Crippen LogP contribution in [0.5, 0.6) is 0 Å². The van der Waals surface area contributed by atoms with Crippen LogP contribution in [0.1, 0.15) is 304 Å². The van der Waals surface area contributed by atoms with Crippen LogP contribution in [-0.2, 0) is 115 Å². The van der Waals surface area contributed by atoms with Gasteiger partial charge in [0.25, 0.3) is 0 Å². The molecule has 0 saturated carbocycles. The summed E-state index contributed by atoms with van der Waals surface area (Å²) >= 11 is 0. The van der Waals surface area contributed by atoms with Crippen LogP contribution in [0, 0.1) is 11.8 Å². The molecule has 0 aliphatic heterocycles.